The fourth-order valence-electron chi connectivity index (χ4n) is 8.35. The second-order valence-electron chi connectivity index (χ2n) is 14.1. The molecule has 55 heavy (non-hydrogen) atoms. The molecule has 0 bridgehead atoms. The zero-order valence-electron chi connectivity index (χ0n) is 30.0. The van der Waals surface area contributed by atoms with Crippen LogP contribution in [0.15, 0.2) is 176 Å². The second kappa shape index (κ2) is 12.8. The smallest absolute Gasteiger partial charge is 0.104 e. The molecule has 0 N–H and O–H groups in total. The Kier molecular flexibility index (Phi) is 7.44. The molecule has 0 radical (unpaired) electrons. The van der Waals surface area contributed by atoms with E-state index in [0.29, 0.717) is 11.1 Å². The van der Waals surface area contributed by atoms with E-state index in [1.165, 1.54) is 0 Å². The molecule has 0 aliphatic carbocycles. The molecule has 2 aromatic heterocycles. The minimum atomic E-state index is 0.557. The van der Waals surface area contributed by atoms with Crippen molar-refractivity contribution in [1.29, 1.82) is 10.5 Å². The zero-order valence-corrected chi connectivity index (χ0v) is 30.0. The molecule has 0 fully saturated rings. The van der Waals surface area contributed by atoms with E-state index in [4.69, 9.17) is 0 Å². The minimum absolute atomic E-state index is 0.557. The topological polar surface area (TPSA) is 57.4 Å². The van der Waals surface area contributed by atoms with Crippen molar-refractivity contribution in [3.05, 3.63) is 193 Å². The molecule has 2 heterocycles. The molecular weight excluding hydrogens is 669 g/mol. The Hall–Kier alpha value is -7.66. The Balaban J connectivity index is 1.32. The van der Waals surface area contributed by atoms with Crippen LogP contribution in [-0.2, 0) is 0 Å². The van der Waals surface area contributed by atoms with Crippen molar-refractivity contribution in [3.63, 3.8) is 0 Å². The van der Waals surface area contributed by atoms with Crippen LogP contribution in [-0.4, -0.2) is 9.13 Å². The highest BCUT2D eigenvalue weighted by atomic mass is 15.0. The molecule has 0 aliphatic heterocycles. The van der Waals surface area contributed by atoms with Gasteiger partial charge in [-0.15, -0.1) is 0 Å². The third-order valence-electron chi connectivity index (χ3n) is 10.8. The first-order valence-electron chi connectivity index (χ1n) is 18.4. The van der Waals surface area contributed by atoms with Crippen molar-refractivity contribution < 1.29 is 0 Å². The molecule has 0 unspecified atom stereocenters. The number of aromatic nitrogens is 2. The maximum Gasteiger partial charge on any atom is 0.104 e. The lowest BCUT2D eigenvalue weighted by Crippen LogP contribution is -2.05. The van der Waals surface area contributed by atoms with Gasteiger partial charge in [-0.3, -0.25) is 0 Å². The van der Waals surface area contributed by atoms with Gasteiger partial charge in [-0.1, -0.05) is 115 Å². The predicted molar refractivity (Wildman–Crippen MR) is 226 cm³/mol. The van der Waals surface area contributed by atoms with Gasteiger partial charge in [0.1, 0.15) is 11.6 Å². The third kappa shape index (κ3) is 5.20. The Labute approximate surface area is 318 Å². The molecule has 0 saturated carbocycles. The van der Waals surface area contributed by atoms with Crippen molar-refractivity contribution in [2.24, 2.45) is 0 Å². The summed E-state index contributed by atoms with van der Waals surface area (Å²) in [5.74, 6) is 0. The summed E-state index contributed by atoms with van der Waals surface area (Å²) in [5.41, 5.74) is 14.2. The van der Waals surface area contributed by atoms with Crippen LogP contribution in [0.2, 0.25) is 0 Å². The van der Waals surface area contributed by atoms with Crippen LogP contribution in [0.3, 0.4) is 0 Å². The molecular formula is C51H32N4. The number of nitriles is 2. The van der Waals surface area contributed by atoms with Crippen molar-refractivity contribution in [2.45, 2.75) is 6.92 Å². The predicted octanol–water partition coefficient (Wildman–Crippen LogP) is 12.9. The lowest BCUT2D eigenvalue weighted by Gasteiger charge is -2.19. The van der Waals surface area contributed by atoms with Gasteiger partial charge in [0.15, 0.2) is 0 Å². The fraction of sp³-hybridized carbons (Fsp3) is 0.0196. The molecule has 8 aromatic carbocycles. The van der Waals surface area contributed by atoms with Crippen molar-refractivity contribution in [3.8, 4) is 56.9 Å². The monoisotopic (exact) mass is 700 g/mol. The molecule has 10 rings (SSSR count). The Bertz CT molecular complexity index is 3050. The summed E-state index contributed by atoms with van der Waals surface area (Å²) >= 11 is 0. The molecule has 4 nitrogen and oxygen atoms in total. The standard InChI is InChI=1S/C51H32N4/c1-33-24-34(31-52)26-39(25-33)40-29-50(54-46-18-10-8-16-41(46)43-27-37(20-22-48(43)54)35-12-4-2-5-13-35)45(32-53)51(30-40)55-47-19-11-9-17-42(47)44-28-38(21-23-49(44)55)36-14-6-3-7-15-36/h2-30H,1H3. The number of para-hydroxylation sites is 2. The third-order valence-corrected chi connectivity index (χ3v) is 10.8. The molecule has 0 aliphatic rings. The van der Waals surface area contributed by atoms with Gasteiger partial charge in [0.25, 0.3) is 0 Å². The molecule has 4 heteroatoms. The highest BCUT2D eigenvalue weighted by Crippen LogP contribution is 2.42. The van der Waals surface area contributed by atoms with E-state index >= 15 is 0 Å². The number of benzene rings is 8. The first kappa shape index (κ1) is 32.0. The summed E-state index contributed by atoms with van der Waals surface area (Å²) in [6, 6.07) is 66.2. The second-order valence-corrected chi connectivity index (χ2v) is 14.1. The quantitative estimate of drug-likeness (QED) is 0.179. The lowest BCUT2D eigenvalue weighted by atomic mass is 9.97. The maximum atomic E-state index is 11.3. The zero-order chi connectivity index (χ0) is 37.0. The van der Waals surface area contributed by atoms with Crippen LogP contribution in [0.5, 0.6) is 0 Å². The van der Waals surface area contributed by atoms with Crippen LogP contribution in [0, 0.1) is 29.6 Å². The molecule has 10 aromatic rings. The summed E-state index contributed by atoms with van der Waals surface area (Å²) < 4.78 is 4.49. The molecule has 0 spiro atoms. The van der Waals surface area contributed by atoms with E-state index < -0.39 is 0 Å². The molecule has 256 valence electrons. The maximum absolute atomic E-state index is 11.3. The molecule has 0 atom stereocenters. The first-order chi connectivity index (χ1) is 27.1. The average Bonchev–Trinajstić information content (AvgIpc) is 3.75. The van der Waals surface area contributed by atoms with Gasteiger partial charge < -0.3 is 9.13 Å². The SMILES string of the molecule is Cc1cc(C#N)cc(-c2cc(-n3c4ccccc4c4cc(-c5ccccc5)ccc43)c(C#N)c(-n3c4ccccc4c4cc(-c5ccccc5)ccc43)c2)c1. The van der Waals surface area contributed by atoms with Gasteiger partial charge in [0.2, 0.25) is 0 Å². The average molecular weight is 701 g/mol. The number of hydrogen-bond acceptors (Lipinski definition) is 2. The van der Waals surface area contributed by atoms with Gasteiger partial charge in [0.05, 0.1) is 45.1 Å². The van der Waals surface area contributed by atoms with Crippen LogP contribution in [0.1, 0.15) is 16.7 Å². The van der Waals surface area contributed by atoms with Crippen LogP contribution in [0.25, 0.3) is 88.4 Å². The van der Waals surface area contributed by atoms with E-state index in [0.717, 1.165) is 93.9 Å². The highest BCUT2D eigenvalue weighted by molar-refractivity contribution is 6.12. The van der Waals surface area contributed by atoms with Crippen LogP contribution >= 0.6 is 0 Å². The first-order valence-corrected chi connectivity index (χ1v) is 18.4. The minimum Gasteiger partial charge on any atom is -0.308 e. The molecule has 0 amide bonds. The fourth-order valence-corrected chi connectivity index (χ4v) is 8.35. The van der Waals surface area contributed by atoms with Gasteiger partial charge in [0, 0.05) is 21.5 Å². The number of nitrogens with zero attached hydrogens (tertiary/aromatic N) is 4. The number of hydrogen-bond donors (Lipinski definition) is 0. The largest absolute Gasteiger partial charge is 0.308 e. The number of aryl methyl sites for hydroxylation is 1. The summed E-state index contributed by atoms with van der Waals surface area (Å²) in [5, 5.41) is 25.8. The van der Waals surface area contributed by atoms with E-state index in [2.05, 4.69) is 173 Å². The normalized spacial score (nSPS) is 11.3. The Morgan fingerprint density at radius 2 is 0.818 bits per heavy atom. The van der Waals surface area contributed by atoms with Crippen molar-refractivity contribution in [2.75, 3.05) is 0 Å². The van der Waals surface area contributed by atoms with Crippen molar-refractivity contribution in [1.82, 2.24) is 9.13 Å². The molecule has 0 saturated heterocycles. The number of rotatable bonds is 5. The van der Waals surface area contributed by atoms with E-state index in [1.54, 1.807) is 0 Å². The lowest BCUT2D eigenvalue weighted by molar-refractivity contribution is 1.12. The van der Waals surface area contributed by atoms with Gasteiger partial charge in [-0.25, -0.2) is 0 Å². The van der Waals surface area contributed by atoms with Gasteiger partial charge in [-0.2, -0.15) is 10.5 Å². The van der Waals surface area contributed by atoms with E-state index in [-0.39, 0.29) is 0 Å². The number of fused-ring (bicyclic) bond motifs is 6. The highest BCUT2D eigenvalue weighted by Gasteiger charge is 2.23. The summed E-state index contributed by atoms with van der Waals surface area (Å²) in [6.45, 7) is 2.02. The summed E-state index contributed by atoms with van der Waals surface area (Å²) in [7, 11) is 0. The van der Waals surface area contributed by atoms with Crippen LogP contribution in [0.4, 0.5) is 0 Å². The van der Waals surface area contributed by atoms with E-state index in [9.17, 15) is 10.5 Å². The van der Waals surface area contributed by atoms with Crippen LogP contribution < -0.4 is 0 Å². The Morgan fingerprint density at radius 1 is 0.364 bits per heavy atom. The summed E-state index contributed by atoms with van der Waals surface area (Å²) in [6.07, 6.45) is 0. The Morgan fingerprint density at radius 3 is 1.31 bits per heavy atom. The van der Waals surface area contributed by atoms with Crippen molar-refractivity contribution >= 4 is 43.6 Å². The van der Waals surface area contributed by atoms with Gasteiger partial charge in [-0.05, 0) is 107 Å². The summed E-state index contributed by atoms with van der Waals surface area (Å²) in [4.78, 5) is 0. The van der Waals surface area contributed by atoms with Gasteiger partial charge >= 0.3 is 0 Å². The van der Waals surface area contributed by atoms with E-state index in [1.807, 2.05) is 31.2 Å².